The molecule has 1 heterocycles. The molecule has 21 heavy (non-hydrogen) atoms. The first-order chi connectivity index (χ1) is 9.88. The highest BCUT2D eigenvalue weighted by atomic mass is 16.5. The minimum Gasteiger partial charge on any atom is -0.378 e. The van der Waals surface area contributed by atoms with Gasteiger partial charge in [0.15, 0.2) is 0 Å². The smallest absolute Gasteiger partial charge is 0.251 e. The molecule has 6 heteroatoms. The molecular formula is C15H24N4O2. The summed E-state index contributed by atoms with van der Waals surface area (Å²) >= 11 is 0. The number of amides is 1. The number of aromatic nitrogens is 1. The topological polar surface area (TPSA) is 89.3 Å². The summed E-state index contributed by atoms with van der Waals surface area (Å²) in [6.07, 6.45) is 1.05. The maximum atomic E-state index is 12.4. The number of pyridine rings is 1. The predicted molar refractivity (Wildman–Crippen MR) is 81.9 cm³/mol. The van der Waals surface area contributed by atoms with E-state index >= 15 is 0 Å². The van der Waals surface area contributed by atoms with Crippen LogP contribution in [-0.4, -0.2) is 29.6 Å². The summed E-state index contributed by atoms with van der Waals surface area (Å²) in [4.78, 5) is 16.5. The van der Waals surface area contributed by atoms with Gasteiger partial charge in [-0.25, -0.2) is 10.8 Å². The number of nitrogens with zero attached hydrogens (tertiary/aromatic N) is 1. The molecule has 1 aliphatic carbocycles. The van der Waals surface area contributed by atoms with Crippen LogP contribution in [0.25, 0.3) is 0 Å². The third-order valence-corrected chi connectivity index (χ3v) is 4.21. The van der Waals surface area contributed by atoms with Crippen molar-refractivity contribution in [3.05, 3.63) is 23.4 Å². The van der Waals surface area contributed by atoms with E-state index in [9.17, 15) is 4.79 Å². The Balaban J connectivity index is 2.04. The fourth-order valence-electron chi connectivity index (χ4n) is 2.73. The number of aryl methyl sites for hydroxylation is 1. The Morgan fingerprint density at radius 1 is 1.52 bits per heavy atom. The van der Waals surface area contributed by atoms with Gasteiger partial charge in [-0.1, -0.05) is 13.8 Å². The lowest BCUT2D eigenvalue weighted by Crippen LogP contribution is -2.62. The molecule has 2 rings (SSSR count). The van der Waals surface area contributed by atoms with Gasteiger partial charge in [0.2, 0.25) is 0 Å². The summed E-state index contributed by atoms with van der Waals surface area (Å²) in [5, 5.41) is 3.07. The maximum absolute atomic E-state index is 12.4. The first-order valence-corrected chi connectivity index (χ1v) is 7.26. The average Bonchev–Trinajstić information content (AvgIpc) is 2.45. The third-order valence-electron chi connectivity index (χ3n) is 4.21. The Labute approximate surface area is 125 Å². The molecule has 6 nitrogen and oxygen atoms in total. The fourth-order valence-corrected chi connectivity index (χ4v) is 2.73. The number of nitrogens with two attached hydrogens (primary N) is 1. The molecule has 2 unspecified atom stereocenters. The van der Waals surface area contributed by atoms with Gasteiger partial charge in [-0.05, 0) is 32.4 Å². The van der Waals surface area contributed by atoms with Gasteiger partial charge in [0.1, 0.15) is 5.82 Å². The van der Waals surface area contributed by atoms with E-state index in [2.05, 4.69) is 29.6 Å². The monoisotopic (exact) mass is 292 g/mol. The van der Waals surface area contributed by atoms with Gasteiger partial charge >= 0.3 is 0 Å². The Hall–Kier alpha value is -1.66. The number of ether oxygens (including phenoxy) is 1. The second kappa shape index (κ2) is 5.99. The summed E-state index contributed by atoms with van der Waals surface area (Å²) in [5.74, 6) is 5.74. The highest BCUT2D eigenvalue weighted by Gasteiger charge is 2.49. The Morgan fingerprint density at radius 2 is 2.24 bits per heavy atom. The summed E-state index contributed by atoms with van der Waals surface area (Å²) in [7, 11) is 0. The first kappa shape index (κ1) is 15.7. The predicted octanol–water partition coefficient (Wildman–Crippen LogP) is 1.61. The van der Waals surface area contributed by atoms with E-state index in [-0.39, 0.29) is 23.5 Å². The van der Waals surface area contributed by atoms with Gasteiger partial charge in [0.25, 0.3) is 5.91 Å². The number of carbonyl (C=O) groups is 1. The van der Waals surface area contributed by atoms with Crippen LogP contribution in [0.1, 0.15) is 43.2 Å². The van der Waals surface area contributed by atoms with Crippen molar-refractivity contribution in [3.63, 3.8) is 0 Å². The zero-order chi connectivity index (χ0) is 15.6. The van der Waals surface area contributed by atoms with Crippen molar-refractivity contribution in [1.82, 2.24) is 10.3 Å². The van der Waals surface area contributed by atoms with Crippen molar-refractivity contribution < 1.29 is 9.53 Å². The highest BCUT2D eigenvalue weighted by Crippen LogP contribution is 2.42. The average molecular weight is 292 g/mol. The Kier molecular flexibility index (Phi) is 4.49. The van der Waals surface area contributed by atoms with Gasteiger partial charge in [-0.2, -0.15) is 0 Å². The van der Waals surface area contributed by atoms with Crippen LogP contribution in [0.2, 0.25) is 0 Å². The van der Waals surface area contributed by atoms with Crippen molar-refractivity contribution in [1.29, 1.82) is 0 Å². The van der Waals surface area contributed by atoms with Gasteiger partial charge < -0.3 is 15.5 Å². The van der Waals surface area contributed by atoms with Gasteiger partial charge in [0, 0.05) is 29.3 Å². The van der Waals surface area contributed by atoms with E-state index in [4.69, 9.17) is 10.6 Å². The van der Waals surface area contributed by atoms with E-state index in [0.717, 1.165) is 12.1 Å². The molecule has 2 atom stereocenters. The van der Waals surface area contributed by atoms with Gasteiger partial charge in [0.05, 0.1) is 6.10 Å². The molecule has 1 saturated carbocycles. The van der Waals surface area contributed by atoms with Crippen LogP contribution < -0.4 is 16.6 Å². The number of hydrazine groups is 1. The van der Waals surface area contributed by atoms with Crippen molar-refractivity contribution in [2.75, 3.05) is 12.0 Å². The zero-order valence-electron chi connectivity index (χ0n) is 13.1. The molecule has 1 aliphatic rings. The van der Waals surface area contributed by atoms with Crippen molar-refractivity contribution in [2.45, 2.75) is 46.3 Å². The van der Waals surface area contributed by atoms with E-state index in [0.29, 0.717) is 18.0 Å². The SMILES string of the molecule is CCOC1CC(NC(=O)c2cc(C)nc(NN)c2)C1(C)C. The first-order valence-electron chi connectivity index (χ1n) is 7.26. The van der Waals surface area contributed by atoms with Crippen LogP contribution in [0, 0.1) is 12.3 Å². The molecule has 0 radical (unpaired) electrons. The summed E-state index contributed by atoms with van der Waals surface area (Å²) in [6.45, 7) is 8.75. The van der Waals surface area contributed by atoms with Crippen LogP contribution in [-0.2, 0) is 4.74 Å². The number of carbonyl (C=O) groups excluding carboxylic acids is 1. The maximum Gasteiger partial charge on any atom is 0.251 e. The molecule has 1 amide bonds. The van der Waals surface area contributed by atoms with Gasteiger partial charge in [-0.15, -0.1) is 0 Å². The largest absolute Gasteiger partial charge is 0.378 e. The van der Waals surface area contributed by atoms with Crippen LogP contribution in [0.5, 0.6) is 0 Å². The summed E-state index contributed by atoms with van der Waals surface area (Å²) in [5.41, 5.74) is 3.73. The minimum absolute atomic E-state index is 0.0529. The fraction of sp³-hybridized carbons (Fsp3) is 0.600. The van der Waals surface area contributed by atoms with E-state index in [1.54, 1.807) is 12.1 Å². The van der Waals surface area contributed by atoms with E-state index < -0.39 is 0 Å². The number of hydrogen-bond acceptors (Lipinski definition) is 5. The molecule has 0 bridgehead atoms. The molecule has 116 valence electrons. The number of nitrogens with one attached hydrogen (secondary N) is 2. The second-order valence-corrected chi connectivity index (χ2v) is 6.05. The van der Waals surface area contributed by atoms with Crippen LogP contribution >= 0.6 is 0 Å². The normalized spacial score (nSPS) is 23.3. The highest BCUT2D eigenvalue weighted by molar-refractivity contribution is 5.95. The Bertz CT molecular complexity index is 530. The van der Waals surface area contributed by atoms with Crippen LogP contribution in [0.3, 0.4) is 0 Å². The van der Waals surface area contributed by atoms with Crippen molar-refractivity contribution in [2.24, 2.45) is 11.3 Å². The molecular weight excluding hydrogens is 268 g/mol. The molecule has 1 fully saturated rings. The second-order valence-electron chi connectivity index (χ2n) is 6.05. The number of anilines is 1. The lowest BCUT2D eigenvalue weighted by Gasteiger charge is -2.51. The Morgan fingerprint density at radius 3 is 2.81 bits per heavy atom. The van der Waals surface area contributed by atoms with Crippen LogP contribution in [0.4, 0.5) is 5.82 Å². The van der Waals surface area contributed by atoms with E-state index in [1.807, 2.05) is 13.8 Å². The number of hydrogen-bond donors (Lipinski definition) is 3. The van der Waals surface area contributed by atoms with Crippen LogP contribution in [0.15, 0.2) is 12.1 Å². The van der Waals surface area contributed by atoms with Crippen molar-refractivity contribution in [3.8, 4) is 0 Å². The lowest BCUT2D eigenvalue weighted by atomic mass is 9.64. The molecule has 0 saturated heterocycles. The zero-order valence-corrected chi connectivity index (χ0v) is 13.1. The number of nitrogen functional groups attached to an aromatic ring is 1. The minimum atomic E-state index is -0.106. The standard InChI is InChI=1S/C15H24N4O2/c1-5-21-12-8-11(15(12,3)4)18-14(20)10-6-9(2)17-13(7-10)19-16/h6-7,11-12H,5,8,16H2,1-4H3,(H,17,19)(H,18,20). The molecule has 4 N–H and O–H groups in total. The molecule has 1 aromatic rings. The van der Waals surface area contributed by atoms with Crippen molar-refractivity contribution >= 4 is 11.7 Å². The molecule has 0 aromatic carbocycles. The molecule has 0 aliphatic heterocycles. The third kappa shape index (κ3) is 3.16. The molecule has 1 aromatic heterocycles. The summed E-state index contributed by atoms with van der Waals surface area (Å²) in [6, 6.07) is 3.51. The quantitative estimate of drug-likeness (QED) is 0.567. The summed E-state index contributed by atoms with van der Waals surface area (Å²) < 4.78 is 5.68. The number of rotatable bonds is 5. The van der Waals surface area contributed by atoms with E-state index in [1.165, 1.54) is 0 Å². The lowest BCUT2D eigenvalue weighted by molar-refractivity contribution is -0.111. The van der Waals surface area contributed by atoms with Gasteiger partial charge in [-0.3, -0.25) is 4.79 Å². The molecule has 0 spiro atoms.